The SMILES string of the molecule is NC(=O)N(O)C1CCc2cc(Oc3ncccc3Cl)ccc21. The normalized spacial score (nSPS) is 16.2. The van der Waals surface area contributed by atoms with Crippen LogP contribution in [-0.2, 0) is 6.42 Å². The van der Waals surface area contributed by atoms with Crippen LogP contribution in [-0.4, -0.2) is 21.3 Å². The van der Waals surface area contributed by atoms with Gasteiger partial charge in [0.2, 0.25) is 5.88 Å². The number of carbonyl (C=O) groups is 1. The number of carbonyl (C=O) groups excluding carboxylic acids is 1. The first-order chi connectivity index (χ1) is 10.6. The molecular formula is C15H14ClN3O3. The number of fused-ring (bicyclic) bond motifs is 1. The van der Waals surface area contributed by atoms with Crippen LogP contribution in [0.25, 0.3) is 0 Å². The van der Waals surface area contributed by atoms with E-state index >= 15 is 0 Å². The summed E-state index contributed by atoms with van der Waals surface area (Å²) in [5, 5.41) is 10.7. The van der Waals surface area contributed by atoms with E-state index in [1.807, 2.05) is 12.1 Å². The maximum absolute atomic E-state index is 11.1. The van der Waals surface area contributed by atoms with E-state index in [9.17, 15) is 10.0 Å². The van der Waals surface area contributed by atoms with Gasteiger partial charge in [-0.25, -0.2) is 9.78 Å². The summed E-state index contributed by atoms with van der Waals surface area (Å²) in [5.74, 6) is 0.933. The molecule has 0 saturated heterocycles. The first-order valence-electron chi connectivity index (χ1n) is 6.75. The molecule has 2 aromatic rings. The molecule has 6 nitrogen and oxygen atoms in total. The smallest absolute Gasteiger partial charge is 0.339 e. The topological polar surface area (TPSA) is 88.7 Å². The molecule has 1 aliphatic rings. The van der Waals surface area contributed by atoms with Crippen molar-refractivity contribution >= 4 is 17.6 Å². The van der Waals surface area contributed by atoms with Gasteiger partial charge in [-0.3, -0.25) is 5.21 Å². The van der Waals surface area contributed by atoms with E-state index in [0.717, 1.165) is 17.5 Å². The van der Waals surface area contributed by atoms with Gasteiger partial charge in [0, 0.05) is 6.20 Å². The first-order valence-corrected chi connectivity index (χ1v) is 7.13. The number of urea groups is 1. The Morgan fingerprint density at radius 1 is 1.45 bits per heavy atom. The highest BCUT2D eigenvalue weighted by Gasteiger charge is 2.29. The van der Waals surface area contributed by atoms with Crippen molar-refractivity contribution in [1.82, 2.24) is 10.0 Å². The molecule has 1 unspecified atom stereocenters. The van der Waals surface area contributed by atoms with E-state index in [-0.39, 0.29) is 0 Å². The van der Waals surface area contributed by atoms with Crippen LogP contribution < -0.4 is 10.5 Å². The van der Waals surface area contributed by atoms with Crippen LogP contribution >= 0.6 is 11.6 Å². The highest BCUT2D eigenvalue weighted by atomic mass is 35.5. The zero-order chi connectivity index (χ0) is 15.7. The van der Waals surface area contributed by atoms with Crippen LogP contribution in [0.4, 0.5) is 4.79 Å². The molecule has 3 rings (SSSR count). The second-order valence-corrected chi connectivity index (χ2v) is 5.40. The molecule has 114 valence electrons. The third kappa shape index (κ3) is 2.70. The number of aryl methyl sites for hydroxylation is 1. The van der Waals surface area contributed by atoms with Gasteiger partial charge in [-0.15, -0.1) is 0 Å². The molecule has 0 radical (unpaired) electrons. The molecule has 0 saturated carbocycles. The molecule has 1 aromatic carbocycles. The number of nitrogens with two attached hydrogens (primary N) is 1. The first kappa shape index (κ1) is 14.6. The van der Waals surface area contributed by atoms with Gasteiger partial charge in [0.15, 0.2) is 0 Å². The quantitative estimate of drug-likeness (QED) is 0.671. The number of rotatable bonds is 3. The number of hydrogen-bond acceptors (Lipinski definition) is 4. The second-order valence-electron chi connectivity index (χ2n) is 4.99. The Hall–Kier alpha value is -2.31. The third-order valence-corrected chi connectivity index (χ3v) is 3.91. The summed E-state index contributed by atoms with van der Waals surface area (Å²) < 4.78 is 5.67. The number of ether oxygens (including phenoxy) is 1. The van der Waals surface area contributed by atoms with Crippen LogP contribution in [0.15, 0.2) is 36.5 Å². The third-order valence-electron chi connectivity index (χ3n) is 3.62. The molecule has 1 heterocycles. The van der Waals surface area contributed by atoms with Crippen molar-refractivity contribution in [2.24, 2.45) is 5.73 Å². The van der Waals surface area contributed by atoms with Gasteiger partial charge in [0.05, 0.1) is 6.04 Å². The number of halogens is 1. The van der Waals surface area contributed by atoms with Gasteiger partial charge in [-0.1, -0.05) is 17.7 Å². The van der Waals surface area contributed by atoms with Crippen molar-refractivity contribution in [3.05, 3.63) is 52.7 Å². The summed E-state index contributed by atoms with van der Waals surface area (Å²) in [6.07, 6.45) is 2.93. The van der Waals surface area contributed by atoms with Gasteiger partial charge in [-0.05, 0) is 48.2 Å². The summed E-state index contributed by atoms with van der Waals surface area (Å²) >= 11 is 6.01. The number of hydroxylamine groups is 2. The fraction of sp³-hybridized carbons (Fsp3) is 0.200. The number of hydrogen-bond donors (Lipinski definition) is 2. The average molecular weight is 320 g/mol. The lowest BCUT2D eigenvalue weighted by atomic mass is 10.1. The number of nitrogens with zero attached hydrogens (tertiary/aromatic N) is 2. The number of benzene rings is 1. The monoisotopic (exact) mass is 319 g/mol. The van der Waals surface area contributed by atoms with Gasteiger partial charge in [0.1, 0.15) is 10.8 Å². The Morgan fingerprint density at radius 2 is 2.27 bits per heavy atom. The molecule has 0 spiro atoms. The largest absolute Gasteiger partial charge is 0.438 e. The van der Waals surface area contributed by atoms with Crippen LogP contribution in [0.5, 0.6) is 11.6 Å². The fourth-order valence-electron chi connectivity index (χ4n) is 2.60. The second kappa shape index (κ2) is 5.82. The molecule has 1 aliphatic carbocycles. The van der Waals surface area contributed by atoms with Crippen molar-refractivity contribution in [1.29, 1.82) is 0 Å². The number of aromatic nitrogens is 1. The highest BCUT2D eigenvalue weighted by molar-refractivity contribution is 6.31. The standard InChI is InChI=1S/C15H14ClN3O3/c16-12-2-1-7-18-14(12)22-10-4-5-11-9(8-10)3-6-13(11)19(21)15(17)20/h1-2,4-5,7-8,13,21H,3,6H2,(H2,17,20). The van der Waals surface area contributed by atoms with E-state index in [0.29, 0.717) is 28.1 Å². The van der Waals surface area contributed by atoms with E-state index in [1.165, 1.54) is 0 Å². The van der Waals surface area contributed by atoms with Crippen LogP contribution in [0.3, 0.4) is 0 Å². The van der Waals surface area contributed by atoms with Gasteiger partial charge < -0.3 is 10.5 Å². The lowest BCUT2D eigenvalue weighted by Gasteiger charge is -2.20. The Labute approximate surface area is 132 Å². The predicted octanol–water partition coefficient (Wildman–Crippen LogP) is 3.28. The van der Waals surface area contributed by atoms with Gasteiger partial charge in [-0.2, -0.15) is 5.06 Å². The summed E-state index contributed by atoms with van der Waals surface area (Å²) in [4.78, 5) is 15.2. The van der Waals surface area contributed by atoms with Crippen LogP contribution in [0.2, 0.25) is 5.02 Å². The average Bonchev–Trinajstić information content (AvgIpc) is 2.91. The Morgan fingerprint density at radius 3 is 3.00 bits per heavy atom. The van der Waals surface area contributed by atoms with Gasteiger partial charge >= 0.3 is 6.03 Å². The van der Waals surface area contributed by atoms with E-state index < -0.39 is 12.1 Å². The van der Waals surface area contributed by atoms with Crippen molar-refractivity contribution in [2.45, 2.75) is 18.9 Å². The van der Waals surface area contributed by atoms with E-state index in [4.69, 9.17) is 22.1 Å². The molecule has 1 aromatic heterocycles. The zero-order valence-electron chi connectivity index (χ0n) is 11.6. The number of amides is 2. The summed E-state index contributed by atoms with van der Waals surface area (Å²) in [6.45, 7) is 0. The minimum atomic E-state index is -0.863. The minimum Gasteiger partial charge on any atom is -0.438 e. The van der Waals surface area contributed by atoms with Crippen LogP contribution in [0, 0.1) is 0 Å². The molecule has 2 amide bonds. The molecule has 0 aliphatic heterocycles. The summed E-state index contributed by atoms with van der Waals surface area (Å²) in [7, 11) is 0. The molecule has 1 atom stereocenters. The van der Waals surface area contributed by atoms with Crippen molar-refractivity contribution < 1.29 is 14.7 Å². The fourth-order valence-corrected chi connectivity index (χ4v) is 2.76. The maximum atomic E-state index is 11.1. The lowest BCUT2D eigenvalue weighted by Crippen LogP contribution is -2.35. The van der Waals surface area contributed by atoms with E-state index in [1.54, 1.807) is 24.4 Å². The molecular weight excluding hydrogens is 306 g/mol. The predicted molar refractivity (Wildman–Crippen MR) is 80.0 cm³/mol. The molecule has 3 N–H and O–H groups in total. The Bertz CT molecular complexity index is 723. The maximum Gasteiger partial charge on any atom is 0.339 e. The van der Waals surface area contributed by atoms with Crippen molar-refractivity contribution in [3.63, 3.8) is 0 Å². The lowest BCUT2D eigenvalue weighted by molar-refractivity contribution is -0.0757. The molecule has 0 bridgehead atoms. The Kier molecular flexibility index (Phi) is 3.87. The number of pyridine rings is 1. The van der Waals surface area contributed by atoms with Crippen molar-refractivity contribution in [2.75, 3.05) is 0 Å². The Balaban J connectivity index is 1.84. The molecule has 22 heavy (non-hydrogen) atoms. The van der Waals surface area contributed by atoms with Crippen LogP contribution in [0.1, 0.15) is 23.6 Å². The minimum absolute atomic E-state index is 0.333. The number of primary amides is 1. The highest BCUT2D eigenvalue weighted by Crippen LogP contribution is 2.37. The summed E-state index contributed by atoms with van der Waals surface area (Å²) in [5.41, 5.74) is 6.97. The molecule has 7 heteroatoms. The molecule has 0 fully saturated rings. The van der Waals surface area contributed by atoms with Gasteiger partial charge in [0.25, 0.3) is 0 Å². The zero-order valence-corrected chi connectivity index (χ0v) is 12.3. The van der Waals surface area contributed by atoms with Crippen molar-refractivity contribution in [3.8, 4) is 11.6 Å². The van der Waals surface area contributed by atoms with E-state index in [2.05, 4.69) is 4.98 Å². The summed E-state index contributed by atoms with van der Waals surface area (Å²) in [6, 6.07) is 7.56.